The summed E-state index contributed by atoms with van der Waals surface area (Å²) in [4.78, 5) is 0. The molecule has 1 unspecified atom stereocenters. The topological polar surface area (TPSA) is 12.0 Å². The summed E-state index contributed by atoms with van der Waals surface area (Å²) in [7, 11) is 0. The van der Waals surface area contributed by atoms with Gasteiger partial charge in [0, 0.05) is 12.1 Å². The Bertz CT molecular complexity index is 307. The SMILES string of the molecule is CCCCC(CC)N[C@@H](C)c1ccc(F)cc1. The highest BCUT2D eigenvalue weighted by Crippen LogP contribution is 2.16. The van der Waals surface area contributed by atoms with Gasteiger partial charge in [0.2, 0.25) is 0 Å². The van der Waals surface area contributed by atoms with E-state index in [0.29, 0.717) is 6.04 Å². The van der Waals surface area contributed by atoms with Gasteiger partial charge in [0.15, 0.2) is 0 Å². The van der Waals surface area contributed by atoms with Crippen LogP contribution in [0.5, 0.6) is 0 Å². The lowest BCUT2D eigenvalue weighted by Gasteiger charge is -2.22. The van der Waals surface area contributed by atoms with Gasteiger partial charge >= 0.3 is 0 Å². The lowest BCUT2D eigenvalue weighted by molar-refractivity contribution is 0.410. The molecule has 1 N–H and O–H groups in total. The van der Waals surface area contributed by atoms with Crippen molar-refractivity contribution in [2.75, 3.05) is 0 Å². The molecule has 0 aliphatic rings. The van der Waals surface area contributed by atoms with Crippen molar-refractivity contribution in [1.82, 2.24) is 5.32 Å². The van der Waals surface area contributed by atoms with Gasteiger partial charge in [0.25, 0.3) is 0 Å². The largest absolute Gasteiger partial charge is 0.307 e. The van der Waals surface area contributed by atoms with Crippen LogP contribution in [-0.2, 0) is 0 Å². The Hall–Kier alpha value is -0.890. The third-order valence-corrected chi connectivity index (χ3v) is 3.25. The van der Waals surface area contributed by atoms with Crippen LogP contribution in [0.15, 0.2) is 24.3 Å². The molecule has 0 saturated heterocycles. The molecule has 0 aromatic heterocycles. The van der Waals surface area contributed by atoms with Crippen LogP contribution in [0.2, 0.25) is 0 Å². The first-order valence-electron chi connectivity index (χ1n) is 6.68. The molecule has 1 rings (SSSR count). The van der Waals surface area contributed by atoms with Crippen molar-refractivity contribution in [3.8, 4) is 0 Å². The van der Waals surface area contributed by atoms with Crippen LogP contribution in [0.25, 0.3) is 0 Å². The highest BCUT2D eigenvalue weighted by molar-refractivity contribution is 5.19. The first-order valence-corrected chi connectivity index (χ1v) is 6.68. The van der Waals surface area contributed by atoms with Gasteiger partial charge in [-0.15, -0.1) is 0 Å². The van der Waals surface area contributed by atoms with E-state index in [0.717, 1.165) is 12.0 Å². The van der Waals surface area contributed by atoms with Gasteiger partial charge in [0.1, 0.15) is 5.82 Å². The van der Waals surface area contributed by atoms with Crippen molar-refractivity contribution in [3.63, 3.8) is 0 Å². The van der Waals surface area contributed by atoms with Gasteiger partial charge in [0.05, 0.1) is 0 Å². The Morgan fingerprint density at radius 2 is 1.82 bits per heavy atom. The van der Waals surface area contributed by atoms with Gasteiger partial charge in [-0.1, -0.05) is 38.8 Å². The molecule has 0 aliphatic heterocycles. The number of unbranched alkanes of at least 4 members (excludes halogenated alkanes) is 1. The highest BCUT2D eigenvalue weighted by Gasteiger charge is 2.11. The lowest BCUT2D eigenvalue weighted by Crippen LogP contribution is -2.30. The van der Waals surface area contributed by atoms with Gasteiger partial charge in [-0.05, 0) is 37.5 Å². The van der Waals surface area contributed by atoms with Crippen molar-refractivity contribution in [2.45, 2.75) is 58.5 Å². The van der Waals surface area contributed by atoms with Gasteiger partial charge in [-0.2, -0.15) is 0 Å². The third-order valence-electron chi connectivity index (χ3n) is 3.25. The smallest absolute Gasteiger partial charge is 0.123 e. The van der Waals surface area contributed by atoms with Crippen LogP contribution in [0, 0.1) is 5.82 Å². The Morgan fingerprint density at radius 1 is 1.18 bits per heavy atom. The number of rotatable bonds is 7. The molecule has 1 nitrogen and oxygen atoms in total. The second-order valence-corrected chi connectivity index (χ2v) is 4.69. The summed E-state index contributed by atoms with van der Waals surface area (Å²) in [6.07, 6.45) is 4.87. The number of benzene rings is 1. The average Bonchev–Trinajstić information content (AvgIpc) is 2.35. The van der Waals surface area contributed by atoms with E-state index >= 15 is 0 Å². The Balaban J connectivity index is 2.51. The zero-order valence-corrected chi connectivity index (χ0v) is 11.2. The average molecular weight is 237 g/mol. The van der Waals surface area contributed by atoms with Crippen LogP contribution in [0.3, 0.4) is 0 Å². The van der Waals surface area contributed by atoms with Crippen molar-refractivity contribution in [3.05, 3.63) is 35.6 Å². The fraction of sp³-hybridized carbons (Fsp3) is 0.600. The van der Waals surface area contributed by atoms with Crippen LogP contribution in [-0.4, -0.2) is 6.04 Å². The van der Waals surface area contributed by atoms with Crippen LogP contribution >= 0.6 is 0 Å². The van der Waals surface area contributed by atoms with E-state index in [1.165, 1.54) is 31.4 Å². The van der Waals surface area contributed by atoms with Gasteiger partial charge in [-0.25, -0.2) is 4.39 Å². The minimum Gasteiger partial charge on any atom is -0.307 e. The molecule has 0 radical (unpaired) electrons. The zero-order valence-electron chi connectivity index (χ0n) is 11.2. The number of hydrogen-bond donors (Lipinski definition) is 1. The molecule has 96 valence electrons. The summed E-state index contributed by atoms with van der Waals surface area (Å²) >= 11 is 0. The van der Waals surface area contributed by atoms with E-state index in [2.05, 4.69) is 26.1 Å². The molecule has 0 saturated carbocycles. The number of halogens is 1. The Kier molecular flexibility index (Phi) is 6.20. The summed E-state index contributed by atoms with van der Waals surface area (Å²) in [5.41, 5.74) is 1.15. The molecular formula is C15H24FN. The maximum absolute atomic E-state index is 12.8. The fourth-order valence-corrected chi connectivity index (χ4v) is 2.06. The van der Waals surface area contributed by atoms with Crippen molar-refractivity contribution in [2.24, 2.45) is 0 Å². The molecule has 2 atom stereocenters. The summed E-state index contributed by atoms with van der Waals surface area (Å²) in [5, 5.41) is 3.61. The van der Waals surface area contributed by atoms with Crippen LogP contribution in [0.1, 0.15) is 58.1 Å². The van der Waals surface area contributed by atoms with Crippen molar-refractivity contribution >= 4 is 0 Å². The summed E-state index contributed by atoms with van der Waals surface area (Å²) in [6.45, 7) is 6.57. The standard InChI is InChI=1S/C15H24FN/c1-4-6-7-15(5-2)17-12(3)13-8-10-14(16)11-9-13/h8-12,15,17H,4-7H2,1-3H3/t12-,15?/m0/s1. The number of hydrogen-bond acceptors (Lipinski definition) is 1. The van der Waals surface area contributed by atoms with E-state index in [1.807, 2.05) is 12.1 Å². The number of nitrogens with one attached hydrogen (secondary N) is 1. The van der Waals surface area contributed by atoms with Crippen LogP contribution < -0.4 is 5.32 Å². The molecule has 0 amide bonds. The second kappa shape index (κ2) is 7.44. The zero-order chi connectivity index (χ0) is 12.7. The Labute approximate surface area is 104 Å². The summed E-state index contributed by atoms with van der Waals surface area (Å²) in [6, 6.07) is 7.63. The quantitative estimate of drug-likeness (QED) is 0.739. The highest BCUT2D eigenvalue weighted by atomic mass is 19.1. The molecule has 0 spiro atoms. The van der Waals surface area contributed by atoms with Crippen molar-refractivity contribution in [1.29, 1.82) is 0 Å². The molecule has 17 heavy (non-hydrogen) atoms. The van der Waals surface area contributed by atoms with E-state index in [-0.39, 0.29) is 11.9 Å². The molecule has 0 heterocycles. The first-order chi connectivity index (χ1) is 8.17. The molecule has 0 fully saturated rings. The van der Waals surface area contributed by atoms with Crippen molar-refractivity contribution < 1.29 is 4.39 Å². The van der Waals surface area contributed by atoms with Gasteiger partial charge < -0.3 is 5.32 Å². The first kappa shape index (κ1) is 14.2. The molecule has 0 aliphatic carbocycles. The van der Waals surface area contributed by atoms with E-state index < -0.39 is 0 Å². The molecular weight excluding hydrogens is 213 g/mol. The fourth-order valence-electron chi connectivity index (χ4n) is 2.06. The molecule has 1 aromatic carbocycles. The summed E-state index contributed by atoms with van der Waals surface area (Å²) in [5.74, 6) is -0.168. The van der Waals surface area contributed by atoms with Crippen LogP contribution in [0.4, 0.5) is 4.39 Å². The molecule has 1 aromatic rings. The predicted molar refractivity (Wildman–Crippen MR) is 71.6 cm³/mol. The third kappa shape index (κ3) is 4.86. The predicted octanol–water partition coefficient (Wildman–Crippen LogP) is 4.45. The monoisotopic (exact) mass is 237 g/mol. The minimum absolute atomic E-state index is 0.168. The summed E-state index contributed by atoms with van der Waals surface area (Å²) < 4.78 is 12.8. The van der Waals surface area contributed by atoms with E-state index in [4.69, 9.17) is 0 Å². The Morgan fingerprint density at radius 3 is 2.35 bits per heavy atom. The second-order valence-electron chi connectivity index (χ2n) is 4.69. The van der Waals surface area contributed by atoms with E-state index in [9.17, 15) is 4.39 Å². The van der Waals surface area contributed by atoms with Gasteiger partial charge in [-0.3, -0.25) is 0 Å². The normalized spacial score (nSPS) is 14.6. The molecule has 0 bridgehead atoms. The maximum atomic E-state index is 12.8. The lowest BCUT2D eigenvalue weighted by atomic mass is 10.0. The minimum atomic E-state index is -0.168. The molecule has 2 heteroatoms. The maximum Gasteiger partial charge on any atom is 0.123 e. The van der Waals surface area contributed by atoms with E-state index in [1.54, 1.807) is 0 Å².